The number of amides is 1. The van der Waals surface area contributed by atoms with Crippen molar-refractivity contribution >= 4 is 21.8 Å². The molecule has 20 heavy (non-hydrogen) atoms. The molecule has 0 N–H and O–H groups in total. The molecule has 0 unspecified atom stereocenters. The van der Waals surface area contributed by atoms with Crippen LogP contribution >= 0.6 is 15.9 Å². The largest absolute Gasteiger partial charge is 0.464 e. The van der Waals surface area contributed by atoms with Crippen molar-refractivity contribution in [1.29, 1.82) is 0 Å². The second-order valence-electron chi connectivity index (χ2n) is 4.93. The summed E-state index contributed by atoms with van der Waals surface area (Å²) < 4.78 is 6.35. The molecule has 0 saturated heterocycles. The molecule has 1 amide bonds. The van der Waals surface area contributed by atoms with Crippen LogP contribution in [-0.4, -0.2) is 21.8 Å². The van der Waals surface area contributed by atoms with Crippen molar-refractivity contribution in [3.05, 3.63) is 52.1 Å². The standard InChI is InChI=1S/C15H17BrN2O2/c1-10(2)18(9-14-5-4-11(3)20-14)15(19)12-6-13(16)8-17-7-12/h4-8,10H,9H2,1-3H3. The first-order chi connectivity index (χ1) is 9.47. The molecule has 0 aliphatic carbocycles. The van der Waals surface area contributed by atoms with Crippen LogP contribution in [0.4, 0.5) is 0 Å². The van der Waals surface area contributed by atoms with Crippen molar-refractivity contribution in [2.45, 2.75) is 33.4 Å². The molecule has 2 aromatic heterocycles. The topological polar surface area (TPSA) is 46.3 Å². The molecule has 5 heteroatoms. The Morgan fingerprint density at radius 2 is 2.15 bits per heavy atom. The van der Waals surface area contributed by atoms with E-state index in [2.05, 4.69) is 20.9 Å². The summed E-state index contributed by atoms with van der Waals surface area (Å²) in [6.45, 7) is 6.32. The Bertz CT molecular complexity index is 607. The first-order valence-corrected chi connectivity index (χ1v) is 7.23. The molecule has 106 valence electrons. The van der Waals surface area contributed by atoms with E-state index in [1.165, 1.54) is 0 Å². The van der Waals surface area contributed by atoms with E-state index < -0.39 is 0 Å². The van der Waals surface area contributed by atoms with Crippen molar-refractivity contribution in [3.8, 4) is 0 Å². The average Bonchev–Trinajstić information content (AvgIpc) is 2.80. The first kappa shape index (κ1) is 14.8. The summed E-state index contributed by atoms with van der Waals surface area (Å²) in [5.74, 6) is 1.58. The van der Waals surface area contributed by atoms with Gasteiger partial charge < -0.3 is 9.32 Å². The third-order valence-electron chi connectivity index (χ3n) is 2.96. The fourth-order valence-corrected chi connectivity index (χ4v) is 2.29. The average molecular weight is 337 g/mol. The highest BCUT2D eigenvalue weighted by Gasteiger charge is 2.20. The Morgan fingerprint density at radius 1 is 1.40 bits per heavy atom. The smallest absolute Gasteiger partial charge is 0.256 e. The second-order valence-corrected chi connectivity index (χ2v) is 5.85. The number of hydrogen-bond acceptors (Lipinski definition) is 3. The van der Waals surface area contributed by atoms with Gasteiger partial charge in [0, 0.05) is 22.9 Å². The minimum absolute atomic E-state index is 0.0529. The summed E-state index contributed by atoms with van der Waals surface area (Å²) in [6, 6.07) is 5.65. The maximum Gasteiger partial charge on any atom is 0.256 e. The van der Waals surface area contributed by atoms with Crippen LogP contribution in [0.3, 0.4) is 0 Å². The van der Waals surface area contributed by atoms with Crippen LogP contribution in [0, 0.1) is 6.92 Å². The Hall–Kier alpha value is -1.62. The van der Waals surface area contributed by atoms with E-state index >= 15 is 0 Å². The SMILES string of the molecule is Cc1ccc(CN(C(=O)c2cncc(Br)c2)C(C)C)o1. The quantitative estimate of drug-likeness (QED) is 0.853. The molecule has 0 saturated carbocycles. The lowest BCUT2D eigenvalue weighted by atomic mass is 10.2. The molecule has 0 aromatic carbocycles. The van der Waals surface area contributed by atoms with E-state index in [9.17, 15) is 4.79 Å². The highest BCUT2D eigenvalue weighted by atomic mass is 79.9. The molecule has 0 aliphatic rings. The fourth-order valence-electron chi connectivity index (χ4n) is 1.92. The van der Waals surface area contributed by atoms with E-state index in [-0.39, 0.29) is 11.9 Å². The molecular weight excluding hydrogens is 320 g/mol. The van der Waals surface area contributed by atoms with Crippen LogP contribution in [0.5, 0.6) is 0 Å². The number of aryl methyl sites for hydroxylation is 1. The third-order valence-corrected chi connectivity index (χ3v) is 3.39. The summed E-state index contributed by atoms with van der Waals surface area (Å²) in [5, 5.41) is 0. The van der Waals surface area contributed by atoms with Gasteiger partial charge in [-0.25, -0.2) is 0 Å². The molecular formula is C15H17BrN2O2. The normalized spacial score (nSPS) is 10.8. The van der Waals surface area contributed by atoms with Gasteiger partial charge in [0.2, 0.25) is 0 Å². The van der Waals surface area contributed by atoms with Gasteiger partial charge in [0.05, 0.1) is 12.1 Å². The number of carbonyl (C=O) groups is 1. The Kier molecular flexibility index (Phi) is 4.60. The zero-order chi connectivity index (χ0) is 14.7. The molecule has 4 nitrogen and oxygen atoms in total. The van der Waals surface area contributed by atoms with Gasteiger partial charge in [0.1, 0.15) is 11.5 Å². The van der Waals surface area contributed by atoms with Crippen LogP contribution in [-0.2, 0) is 6.54 Å². The van der Waals surface area contributed by atoms with Crippen LogP contribution in [0.15, 0.2) is 39.5 Å². The Labute approximate surface area is 126 Å². The zero-order valence-corrected chi connectivity index (χ0v) is 13.3. The molecule has 0 aliphatic heterocycles. The van der Waals surface area contributed by atoms with Gasteiger partial charge in [0.15, 0.2) is 0 Å². The molecule has 0 radical (unpaired) electrons. The summed E-state index contributed by atoms with van der Waals surface area (Å²) in [4.78, 5) is 18.4. The number of hydrogen-bond donors (Lipinski definition) is 0. The van der Waals surface area contributed by atoms with Crippen LogP contribution < -0.4 is 0 Å². The predicted molar refractivity (Wildman–Crippen MR) is 80.4 cm³/mol. The molecule has 2 heterocycles. The van der Waals surface area contributed by atoms with Crippen molar-refractivity contribution in [1.82, 2.24) is 9.88 Å². The molecule has 0 atom stereocenters. The van der Waals surface area contributed by atoms with Crippen molar-refractivity contribution in [2.75, 3.05) is 0 Å². The Balaban J connectivity index is 2.22. The highest BCUT2D eigenvalue weighted by molar-refractivity contribution is 9.10. The third kappa shape index (κ3) is 3.48. The van der Waals surface area contributed by atoms with Crippen molar-refractivity contribution in [2.24, 2.45) is 0 Å². The van der Waals surface area contributed by atoms with E-state index in [1.54, 1.807) is 23.4 Å². The van der Waals surface area contributed by atoms with E-state index in [1.807, 2.05) is 32.9 Å². The van der Waals surface area contributed by atoms with Gasteiger partial charge in [-0.15, -0.1) is 0 Å². The van der Waals surface area contributed by atoms with Gasteiger partial charge in [-0.3, -0.25) is 9.78 Å². The van der Waals surface area contributed by atoms with Gasteiger partial charge in [0.25, 0.3) is 5.91 Å². The summed E-state index contributed by atoms with van der Waals surface area (Å²) in [6.07, 6.45) is 3.24. The molecule has 0 spiro atoms. The second kappa shape index (κ2) is 6.22. The maximum absolute atomic E-state index is 12.6. The van der Waals surface area contributed by atoms with Gasteiger partial charge in [-0.05, 0) is 54.9 Å². The number of rotatable bonds is 4. The monoisotopic (exact) mass is 336 g/mol. The predicted octanol–water partition coefficient (Wildman–Crippen LogP) is 3.80. The maximum atomic E-state index is 12.6. The van der Waals surface area contributed by atoms with Gasteiger partial charge in [-0.2, -0.15) is 0 Å². The fraction of sp³-hybridized carbons (Fsp3) is 0.333. The highest BCUT2D eigenvalue weighted by Crippen LogP contribution is 2.17. The number of nitrogens with zero attached hydrogens (tertiary/aromatic N) is 2. The van der Waals surface area contributed by atoms with Crippen molar-refractivity contribution < 1.29 is 9.21 Å². The number of carbonyl (C=O) groups excluding carboxylic acids is 1. The molecule has 0 fully saturated rings. The summed E-state index contributed by atoms with van der Waals surface area (Å²) >= 11 is 3.34. The van der Waals surface area contributed by atoms with Crippen LogP contribution in [0.1, 0.15) is 35.7 Å². The number of pyridine rings is 1. The molecule has 0 bridgehead atoms. The van der Waals surface area contributed by atoms with Gasteiger partial charge >= 0.3 is 0 Å². The van der Waals surface area contributed by atoms with Gasteiger partial charge in [-0.1, -0.05) is 0 Å². The summed E-state index contributed by atoms with van der Waals surface area (Å²) in [7, 11) is 0. The lowest BCUT2D eigenvalue weighted by molar-refractivity contribution is 0.0675. The van der Waals surface area contributed by atoms with E-state index in [0.717, 1.165) is 16.0 Å². The lowest BCUT2D eigenvalue weighted by Crippen LogP contribution is -2.36. The number of furan rings is 1. The van der Waals surface area contributed by atoms with Crippen molar-refractivity contribution in [3.63, 3.8) is 0 Å². The van der Waals surface area contributed by atoms with E-state index in [4.69, 9.17) is 4.42 Å². The minimum Gasteiger partial charge on any atom is -0.464 e. The van der Waals surface area contributed by atoms with Crippen LogP contribution in [0.2, 0.25) is 0 Å². The number of aromatic nitrogens is 1. The number of halogens is 1. The van der Waals surface area contributed by atoms with Crippen LogP contribution in [0.25, 0.3) is 0 Å². The molecule has 2 aromatic rings. The Morgan fingerprint density at radius 3 is 2.70 bits per heavy atom. The first-order valence-electron chi connectivity index (χ1n) is 6.44. The zero-order valence-electron chi connectivity index (χ0n) is 11.8. The molecule has 2 rings (SSSR count). The minimum atomic E-state index is -0.0529. The lowest BCUT2D eigenvalue weighted by Gasteiger charge is -2.25. The summed E-state index contributed by atoms with van der Waals surface area (Å²) in [5.41, 5.74) is 0.566. The van der Waals surface area contributed by atoms with E-state index in [0.29, 0.717) is 12.1 Å².